The molecule has 0 saturated carbocycles. The van der Waals surface area contributed by atoms with Crippen molar-refractivity contribution in [1.82, 2.24) is 9.96 Å². The van der Waals surface area contributed by atoms with Crippen LogP contribution in [0.1, 0.15) is 30.5 Å². The van der Waals surface area contributed by atoms with Crippen LogP contribution in [0.5, 0.6) is 0 Å². The van der Waals surface area contributed by atoms with Crippen molar-refractivity contribution < 1.29 is 17.8 Å². The molecule has 0 aliphatic heterocycles. The highest BCUT2D eigenvalue weighted by atomic mass is 32.2. The van der Waals surface area contributed by atoms with Gasteiger partial charge >= 0.3 is 0 Å². The summed E-state index contributed by atoms with van der Waals surface area (Å²) in [5.74, 6) is 0.163. The van der Waals surface area contributed by atoms with Gasteiger partial charge in [0.2, 0.25) is 0 Å². The third-order valence-corrected chi connectivity index (χ3v) is 6.34. The Bertz CT molecular complexity index is 1080. The Hall–Kier alpha value is -2.55. The molecule has 3 aromatic carbocycles. The van der Waals surface area contributed by atoms with E-state index in [1.54, 1.807) is 0 Å². The lowest BCUT2D eigenvalue weighted by Gasteiger charge is -2.37. The fourth-order valence-corrected chi connectivity index (χ4v) is 4.86. The maximum Gasteiger partial charge on any atom is 0.280 e. The topological polar surface area (TPSA) is 70.1 Å². The Labute approximate surface area is 216 Å². The molecule has 0 amide bonds. The molecule has 0 fully saturated rings. The quantitative estimate of drug-likeness (QED) is 0.322. The van der Waals surface area contributed by atoms with Crippen molar-refractivity contribution in [2.45, 2.75) is 45.5 Å². The zero-order valence-corrected chi connectivity index (χ0v) is 22.2. The fourth-order valence-electron chi connectivity index (χ4n) is 4.35. The van der Waals surface area contributed by atoms with E-state index in [-0.39, 0.29) is 18.5 Å². The average molecular weight is 511 g/mol. The minimum atomic E-state index is -3.72. The second-order valence-electron chi connectivity index (χ2n) is 9.72. The van der Waals surface area contributed by atoms with Gasteiger partial charge in [-0.3, -0.25) is 4.90 Å². The summed E-state index contributed by atoms with van der Waals surface area (Å²) >= 11 is 0. The number of rotatable bonds is 14. The Kier molecular flexibility index (Phi) is 10.6. The monoisotopic (exact) mass is 510 g/mol. The zero-order valence-electron chi connectivity index (χ0n) is 21.4. The van der Waals surface area contributed by atoms with Gasteiger partial charge in [-0.05, 0) is 29.0 Å². The highest BCUT2D eigenvalue weighted by Crippen LogP contribution is 2.21. The lowest BCUT2D eigenvalue weighted by atomic mass is 9.97. The summed E-state index contributed by atoms with van der Waals surface area (Å²) in [4.78, 5) is 2.27. The van der Waals surface area contributed by atoms with Gasteiger partial charge in [0.15, 0.2) is 0 Å². The molecule has 0 saturated heterocycles. The van der Waals surface area contributed by atoms with Crippen LogP contribution in [0.2, 0.25) is 0 Å². The van der Waals surface area contributed by atoms with E-state index in [0.29, 0.717) is 26.1 Å². The lowest BCUT2D eigenvalue weighted by Crippen LogP contribution is -2.50. The van der Waals surface area contributed by atoms with E-state index in [0.717, 1.165) is 22.9 Å². The molecule has 0 bridgehead atoms. The summed E-state index contributed by atoms with van der Waals surface area (Å²) in [6.45, 7) is 5.72. The van der Waals surface area contributed by atoms with E-state index in [9.17, 15) is 13.5 Å². The van der Waals surface area contributed by atoms with E-state index in [1.807, 2.05) is 68.4 Å². The van der Waals surface area contributed by atoms with Gasteiger partial charge in [-0.25, -0.2) is 0 Å². The highest BCUT2D eigenvalue weighted by molar-refractivity contribution is 7.85. The Morgan fingerprint density at radius 1 is 0.750 bits per heavy atom. The maximum absolute atomic E-state index is 11.9. The van der Waals surface area contributed by atoms with Gasteiger partial charge in [0.1, 0.15) is 0 Å². The zero-order chi connectivity index (χ0) is 26.0. The van der Waals surface area contributed by atoms with Crippen LogP contribution < -0.4 is 0 Å². The standard InChI is InChI=1S/C29H38N2O4S/c1-24(2)20-31(35-36(3,33)34)23-29(32)28(19-25-13-7-4-8-14-25)30(21-26-15-9-5-10-16-26)22-27-17-11-6-12-18-27/h4-18,24,28-29,32H,19-23H2,1-3H3. The molecule has 0 aliphatic rings. The van der Waals surface area contributed by atoms with Gasteiger partial charge in [-0.15, -0.1) is 0 Å². The summed E-state index contributed by atoms with van der Waals surface area (Å²) in [5, 5.41) is 13.0. The number of aliphatic hydroxyl groups is 1. The van der Waals surface area contributed by atoms with Gasteiger partial charge < -0.3 is 5.11 Å². The molecule has 194 valence electrons. The van der Waals surface area contributed by atoms with Gasteiger partial charge in [-0.2, -0.15) is 17.8 Å². The van der Waals surface area contributed by atoms with Crippen LogP contribution in [0.3, 0.4) is 0 Å². The van der Waals surface area contributed by atoms with Crippen molar-refractivity contribution in [3.63, 3.8) is 0 Å². The molecule has 0 radical (unpaired) electrons. The van der Waals surface area contributed by atoms with E-state index in [1.165, 1.54) is 5.06 Å². The molecule has 2 unspecified atom stereocenters. The summed E-state index contributed by atoms with van der Waals surface area (Å²) in [6, 6.07) is 30.2. The number of benzene rings is 3. The van der Waals surface area contributed by atoms with Crippen LogP contribution in [0.4, 0.5) is 0 Å². The average Bonchev–Trinajstić information content (AvgIpc) is 2.82. The Morgan fingerprint density at radius 3 is 1.61 bits per heavy atom. The molecule has 0 spiro atoms. The van der Waals surface area contributed by atoms with Gasteiger partial charge in [0.25, 0.3) is 10.1 Å². The van der Waals surface area contributed by atoms with Crippen LogP contribution in [-0.4, -0.2) is 55.0 Å². The van der Waals surface area contributed by atoms with Crippen LogP contribution in [0.15, 0.2) is 91.0 Å². The Morgan fingerprint density at radius 2 is 1.19 bits per heavy atom. The molecule has 0 aliphatic carbocycles. The van der Waals surface area contributed by atoms with Gasteiger partial charge in [0, 0.05) is 25.7 Å². The predicted molar refractivity (Wildman–Crippen MR) is 144 cm³/mol. The summed E-state index contributed by atoms with van der Waals surface area (Å²) < 4.78 is 29.1. The second kappa shape index (κ2) is 13.7. The molecule has 36 heavy (non-hydrogen) atoms. The van der Waals surface area contributed by atoms with E-state index in [4.69, 9.17) is 4.28 Å². The van der Waals surface area contributed by atoms with Crippen LogP contribution >= 0.6 is 0 Å². The van der Waals surface area contributed by atoms with Crippen molar-refractivity contribution in [1.29, 1.82) is 0 Å². The summed E-state index contributed by atoms with van der Waals surface area (Å²) in [5.41, 5.74) is 3.39. The molecule has 2 atom stereocenters. The van der Waals surface area contributed by atoms with Crippen molar-refractivity contribution >= 4 is 10.1 Å². The van der Waals surface area contributed by atoms with Crippen LogP contribution in [0.25, 0.3) is 0 Å². The number of hydroxylamine groups is 2. The molecular formula is C29H38N2O4S. The lowest BCUT2D eigenvalue weighted by molar-refractivity contribution is -0.100. The first kappa shape index (κ1) is 28.0. The first-order chi connectivity index (χ1) is 17.2. The minimum Gasteiger partial charge on any atom is -0.390 e. The molecule has 1 N–H and O–H groups in total. The smallest absolute Gasteiger partial charge is 0.280 e. The molecular weight excluding hydrogens is 472 g/mol. The molecule has 3 rings (SSSR count). The number of hydrogen-bond donors (Lipinski definition) is 1. The van der Waals surface area contributed by atoms with E-state index >= 15 is 0 Å². The first-order valence-corrected chi connectivity index (χ1v) is 14.2. The third-order valence-electron chi connectivity index (χ3n) is 5.86. The highest BCUT2D eigenvalue weighted by Gasteiger charge is 2.30. The molecule has 0 aromatic heterocycles. The Balaban J connectivity index is 1.94. The normalized spacial score (nSPS) is 13.9. The number of hydrogen-bond acceptors (Lipinski definition) is 6. The number of aliphatic hydroxyl groups excluding tert-OH is 1. The first-order valence-electron chi connectivity index (χ1n) is 12.4. The molecule has 6 nitrogen and oxygen atoms in total. The van der Waals surface area contributed by atoms with Crippen molar-refractivity contribution in [2.75, 3.05) is 19.3 Å². The summed E-state index contributed by atoms with van der Waals surface area (Å²) in [7, 11) is -3.72. The van der Waals surface area contributed by atoms with Gasteiger partial charge in [-0.1, -0.05) is 105 Å². The van der Waals surface area contributed by atoms with Gasteiger partial charge in [0.05, 0.1) is 18.9 Å². The van der Waals surface area contributed by atoms with Crippen molar-refractivity contribution in [3.05, 3.63) is 108 Å². The van der Waals surface area contributed by atoms with Crippen LogP contribution in [-0.2, 0) is 33.9 Å². The van der Waals surface area contributed by atoms with E-state index in [2.05, 4.69) is 41.3 Å². The molecule has 3 aromatic rings. The second-order valence-corrected chi connectivity index (χ2v) is 11.3. The fraction of sp³-hybridized carbons (Fsp3) is 0.379. The third kappa shape index (κ3) is 9.84. The van der Waals surface area contributed by atoms with Crippen molar-refractivity contribution in [2.24, 2.45) is 5.92 Å². The molecule has 7 heteroatoms. The molecule has 0 heterocycles. The predicted octanol–water partition coefficient (Wildman–Crippen LogP) is 4.51. The summed E-state index contributed by atoms with van der Waals surface area (Å²) in [6.07, 6.45) is 0.777. The largest absolute Gasteiger partial charge is 0.390 e. The minimum absolute atomic E-state index is 0.0723. The number of nitrogens with zero attached hydrogens (tertiary/aromatic N) is 2. The maximum atomic E-state index is 11.9. The van der Waals surface area contributed by atoms with Crippen LogP contribution in [0, 0.1) is 5.92 Å². The van der Waals surface area contributed by atoms with Crippen molar-refractivity contribution in [3.8, 4) is 0 Å². The van der Waals surface area contributed by atoms with E-state index < -0.39 is 16.2 Å². The SMILES string of the molecule is CC(C)CN(CC(O)C(Cc1ccccc1)N(Cc1ccccc1)Cc1ccccc1)OS(C)(=O)=O.